The van der Waals surface area contributed by atoms with Crippen LogP contribution in [0.4, 0.5) is 5.69 Å². The summed E-state index contributed by atoms with van der Waals surface area (Å²) in [6.07, 6.45) is 1.82. The first-order chi connectivity index (χ1) is 10.6. The van der Waals surface area contributed by atoms with Gasteiger partial charge in [0, 0.05) is 46.0 Å². The van der Waals surface area contributed by atoms with Gasteiger partial charge in [-0.1, -0.05) is 12.1 Å². The van der Waals surface area contributed by atoms with Crippen molar-refractivity contribution in [1.82, 2.24) is 15.5 Å². The maximum Gasteiger partial charge on any atom is 0.276 e. The van der Waals surface area contributed by atoms with Gasteiger partial charge in [0.15, 0.2) is 0 Å². The molecule has 1 fully saturated rings. The Labute approximate surface area is 130 Å². The predicted octanol–water partition coefficient (Wildman–Crippen LogP) is 0.485. The third kappa shape index (κ3) is 3.12. The maximum absolute atomic E-state index is 12.1. The zero-order valence-electron chi connectivity index (χ0n) is 13.0. The number of guanidine groups is 1. The third-order valence-electron chi connectivity index (χ3n) is 3.81. The van der Waals surface area contributed by atoms with Crippen molar-refractivity contribution in [2.24, 2.45) is 4.99 Å². The Morgan fingerprint density at radius 2 is 1.86 bits per heavy atom. The highest BCUT2D eigenvalue weighted by atomic mass is 16.2. The molecule has 2 aliphatic rings. The first-order valence-corrected chi connectivity index (χ1v) is 7.48. The number of nitrogens with one attached hydrogen (secondary N) is 2. The van der Waals surface area contributed by atoms with Gasteiger partial charge in [0.2, 0.25) is 5.96 Å². The van der Waals surface area contributed by atoms with E-state index in [4.69, 9.17) is 0 Å². The molecule has 2 N–H and O–H groups in total. The number of piperazine rings is 1. The highest BCUT2D eigenvalue weighted by Crippen LogP contribution is 2.17. The summed E-state index contributed by atoms with van der Waals surface area (Å²) in [5, 5.41) is 6.14. The number of carbonyl (C=O) groups is 1. The Morgan fingerprint density at radius 1 is 1.18 bits per heavy atom. The molecule has 2 heterocycles. The number of carbonyl (C=O) groups excluding carboxylic acids is 1. The van der Waals surface area contributed by atoms with E-state index in [0.29, 0.717) is 11.7 Å². The summed E-state index contributed by atoms with van der Waals surface area (Å²) < 4.78 is 0. The van der Waals surface area contributed by atoms with Crippen LogP contribution >= 0.6 is 0 Å². The third-order valence-corrected chi connectivity index (χ3v) is 3.81. The van der Waals surface area contributed by atoms with Crippen LogP contribution in [0.15, 0.2) is 35.0 Å². The van der Waals surface area contributed by atoms with Crippen molar-refractivity contribution >= 4 is 23.6 Å². The molecule has 1 amide bonds. The van der Waals surface area contributed by atoms with Crippen LogP contribution in [0.2, 0.25) is 0 Å². The number of benzene rings is 1. The molecule has 0 atom stereocenters. The summed E-state index contributed by atoms with van der Waals surface area (Å²) in [7, 11) is 4.00. The first kappa shape index (κ1) is 14.6. The number of rotatable bonds is 2. The van der Waals surface area contributed by atoms with Crippen LogP contribution in [-0.2, 0) is 4.79 Å². The lowest BCUT2D eigenvalue weighted by atomic mass is 10.1. The molecular weight excluding hydrogens is 278 g/mol. The lowest BCUT2D eigenvalue weighted by molar-refractivity contribution is -0.115. The number of nitrogens with zero attached hydrogens (tertiary/aromatic N) is 3. The van der Waals surface area contributed by atoms with E-state index in [9.17, 15) is 4.79 Å². The van der Waals surface area contributed by atoms with Crippen molar-refractivity contribution in [2.75, 3.05) is 45.2 Å². The van der Waals surface area contributed by atoms with Crippen molar-refractivity contribution in [3.63, 3.8) is 0 Å². The van der Waals surface area contributed by atoms with Gasteiger partial charge in [-0.3, -0.25) is 10.1 Å². The molecule has 0 aromatic heterocycles. The van der Waals surface area contributed by atoms with Gasteiger partial charge in [0.05, 0.1) is 0 Å². The average molecular weight is 299 g/mol. The summed E-state index contributed by atoms with van der Waals surface area (Å²) in [6, 6.07) is 8.04. The van der Waals surface area contributed by atoms with E-state index in [0.717, 1.165) is 37.4 Å². The normalized spacial score (nSPS) is 20.1. The lowest BCUT2D eigenvalue weighted by Crippen LogP contribution is -2.50. The second kappa shape index (κ2) is 6.19. The second-order valence-electron chi connectivity index (χ2n) is 5.64. The quantitative estimate of drug-likeness (QED) is 0.780. The molecule has 2 aliphatic heterocycles. The molecule has 0 saturated carbocycles. The van der Waals surface area contributed by atoms with Gasteiger partial charge in [-0.2, -0.15) is 0 Å². The summed E-state index contributed by atoms with van der Waals surface area (Å²) in [6.45, 7) is 3.56. The van der Waals surface area contributed by atoms with Crippen molar-refractivity contribution in [3.05, 3.63) is 35.5 Å². The van der Waals surface area contributed by atoms with Crippen LogP contribution in [-0.4, -0.2) is 57.0 Å². The number of hydrogen-bond acceptors (Lipinski definition) is 5. The summed E-state index contributed by atoms with van der Waals surface area (Å²) in [5.74, 6) is 0.535. The molecule has 116 valence electrons. The van der Waals surface area contributed by atoms with Gasteiger partial charge >= 0.3 is 0 Å². The van der Waals surface area contributed by atoms with E-state index < -0.39 is 0 Å². The molecular formula is C16H21N5O. The van der Waals surface area contributed by atoms with E-state index in [1.807, 2.05) is 49.3 Å². The zero-order chi connectivity index (χ0) is 15.5. The Morgan fingerprint density at radius 3 is 2.50 bits per heavy atom. The van der Waals surface area contributed by atoms with Crippen LogP contribution < -0.4 is 15.5 Å². The molecule has 0 unspecified atom stereocenters. The molecule has 6 heteroatoms. The molecule has 0 spiro atoms. The van der Waals surface area contributed by atoms with E-state index in [2.05, 4.69) is 20.5 Å². The van der Waals surface area contributed by atoms with Crippen molar-refractivity contribution < 1.29 is 4.79 Å². The van der Waals surface area contributed by atoms with Crippen LogP contribution in [0.25, 0.3) is 6.08 Å². The fourth-order valence-electron chi connectivity index (χ4n) is 2.51. The van der Waals surface area contributed by atoms with Crippen molar-refractivity contribution in [3.8, 4) is 0 Å². The highest BCUT2D eigenvalue weighted by Gasteiger charge is 2.25. The van der Waals surface area contributed by atoms with Crippen LogP contribution in [0, 0.1) is 0 Å². The number of amides is 1. The van der Waals surface area contributed by atoms with Gasteiger partial charge in [0.1, 0.15) is 5.70 Å². The predicted molar refractivity (Wildman–Crippen MR) is 88.8 cm³/mol. The van der Waals surface area contributed by atoms with Crippen LogP contribution in [0.1, 0.15) is 5.56 Å². The van der Waals surface area contributed by atoms with Crippen LogP contribution in [0.5, 0.6) is 0 Å². The second-order valence-corrected chi connectivity index (χ2v) is 5.64. The fraction of sp³-hybridized carbons (Fsp3) is 0.375. The lowest BCUT2D eigenvalue weighted by Gasteiger charge is -2.28. The van der Waals surface area contributed by atoms with Crippen molar-refractivity contribution in [1.29, 1.82) is 0 Å². The Hall–Kier alpha value is -2.34. The molecule has 1 aromatic carbocycles. The minimum atomic E-state index is -0.134. The SMILES string of the molecule is CN(C)c1ccc(C=C2N=C(N3CCNCC3)NC2=O)cc1. The fourth-order valence-corrected chi connectivity index (χ4v) is 2.51. The summed E-state index contributed by atoms with van der Waals surface area (Å²) in [4.78, 5) is 20.7. The highest BCUT2D eigenvalue weighted by molar-refractivity contribution is 6.13. The van der Waals surface area contributed by atoms with Crippen LogP contribution in [0.3, 0.4) is 0 Å². The van der Waals surface area contributed by atoms with E-state index in [1.165, 1.54) is 0 Å². The van der Waals surface area contributed by atoms with E-state index in [1.54, 1.807) is 0 Å². The smallest absolute Gasteiger partial charge is 0.276 e. The minimum absolute atomic E-state index is 0.134. The molecule has 22 heavy (non-hydrogen) atoms. The average Bonchev–Trinajstić information content (AvgIpc) is 2.90. The van der Waals surface area contributed by atoms with E-state index in [-0.39, 0.29) is 5.91 Å². The zero-order valence-corrected chi connectivity index (χ0v) is 13.0. The molecule has 0 aliphatic carbocycles. The number of anilines is 1. The largest absolute Gasteiger partial charge is 0.378 e. The topological polar surface area (TPSA) is 60.0 Å². The maximum atomic E-state index is 12.1. The molecule has 3 rings (SSSR count). The van der Waals surface area contributed by atoms with Gasteiger partial charge < -0.3 is 15.1 Å². The molecule has 1 saturated heterocycles. The number of hydrogen-bond donors (Lipinski definition) is 2. The Kier molecular flexibility index (Phi) is 4.11. The van der Waals surface area contributed by atoms with Crippen molar-refractivity contribution in [2.45, 2.75) is 0 Å². The van der Waals surface area contributed by atoms with E-state index >= 15 is 0 Å². The standard InChI is InChI=1S/C16H21N5O/c1-20(2)13-5-3-12(4-6-13)11-14-15(22)19-16(18-14)21-9-7-17-8-10-21/h3-6,11,17H,7-10H2,1-2H3,(H,18,19,22). The van der Waals surface area contributed by atoms with Gasteiger partial charge in [-0.15, -0.1) is 0 Å². The molecule has 6 nitrogen and oxygen atoms in total. The van der Waals surface area contributed by atoms with Gasteiger partial charge in [0.25, 0.3) is 5.91 Å². The molecule has 1 aromatic rings. The summed E-state index contributed by atoms with van der Waals surface area (Å²) in [5.41, 5.74) is 2.57. The Bertz CT molecular complexity index is 612. The number of aliphatic imine (C=N–C) groups is 1. The first-order valence-electron chi connectivity index (χ1n) is 7.48. The van der Waals surface area contributed by atoms with Gasteiger partial charge in [-0.25, -0.2) is 4.99 Å². The summed E-state index contributed by atoms with van der Waals surface area (Å²) >= 11 is 0. The van der Waals surface area contributed by atoms with Gasteiger partial charge in [-0.05, 0) is 23.8 Å². The minimum Gasteiger partial charge on any atom is -0.378 e. The molecule has 0 radical (unpaired) electrons. The monoisotopic (exact) mass is 299 g/mol. The Balaban J connectivity index is 1.77. The molecule has 0 bridgehead atoms.